The van der Waals surface area contributed by atoms with Gasteiger partial charge in [-0.3, -0.25) is 19.5 Å². The van der Waals surface area contributed by atoms with E-state index in [4.69, 9.17) is 42.4 Å². The number of benzene rings is 1. The molecule has 1 fully saturated rings. The van der Waals surface area contributed by atoms with E-state index in [1.165, 1.54) is 0 Å². The molecule has 2 amide bonds. The van der Waals surface area contributed by atoms with Crippen LogP contribution in [0.15, 0.2) is 59.6 Å². The van der Waals surface area contributed by atoms with E-state index in [0.717, 1.165) is 54.9 Å². The molecule has 4 aromatic heterocycles. The molecule has 13 nitrogen and oxygen atoms in total. The predicted octanol–water partition coefficient (Wildman–Crippen LogP) is 5.07. The molecule has 0 radical (unpaired) electrons. The molecule has 7 rings (SSSR count). The predicted molar refractivity (Wildman–Crippen MR) is 193 cm³/mol. The number of rotatable bonds is 12. The van der Waals surface area contributed by atoms with Crippen molar-refractivity contribution in [2.45, 2.75) is 44.8 Å². The van der Waals surface area contributed by atoms with E-state index in [0.29, 0.717) is 76.0 Å². The van der Waals surface area contributed by atoms with Crippen LogP contribution in [0.1, 0.15) is 46.0 Å². The first-order valence-corrected chi connectivity index (χ1v) is 17.5. The number of imidazole rings is 1. The largest absolute Gasteiger partial charge is 0.481 e. The zero-order chi connectivity index (χ0) is 35.5. The lowest BCUT2D eigenvalue weighted by molar-refractivity contribution is -0.119. The average molecular weight is 731 g/mol. The van der Waals surface area contributed by atoms with Crippen LogP contribution in [0.5, 0.6) is 5.88 Å². The van der Waals surface area contributed by atoms with E-state index in [9.17, 15) is 9.59 Å². The van der Waals surface area contributed by atoms with Crippen molar-refractivity contribution in [2.24, 2.45) is 7.05 Å². The smallest absolute Gasteiger partial charge is 0.291 e. The quantitative estimate of drug-likeness (QED) is 0.159. The number of aromatic nitrogens is 5. The summed E-state index contributed by atoms with van der Waals surface area (Å²) in [5.41, 5.74) is 6.51. The molecule has 264 valence electrons. The Labute approximate surface area is 304 Å². The fraction of sp³-hybridized carbons (Fsp3) is 0.333. The van der Waals surface area contributed by atoms with Crippen LogP contribution in [0.3, 0.4) is 0 Å². The lowest BCUT2D eigenvalue weighted by Gasteiger charge is -2.26. The number of anilines is 1. The summed E-state index contributed by atoms with van der Waals surface area (Å²) in [4.78, 5) is 41.4. The summed E-state index contributed by atoms with van der Waals surface area (Å²) in [5, 5.41) is 13.7. The summed E-state index contributed by atoms with van der Waals surface area (Å²) in [7, 11) is 3.44. The number of nitrogens with one attached hydrogen (secondary N) is 3. The van der Waals surface area contributed by atoms with Gasteiger partial charge in [-0.1, -0.05) is 46.6 Å². The molecule has 2 aliphatic rings. The highest BCUT2D eigenvalue weighted by atomic mass is 35.5. The Morgan fingerprint density at radius 3 is 2.78 bits per heavy atom. The lowest BCUT2D eigenvalue weighted by Crippen LogP contribution is -2.35. The molecular weight excluding hydrogens is 693 g/mol. The Balaban J connectivity index is 1.06. The fourth-order valence-corrected chi connectivity index (χ4v) is 7.15. The van der Waals surface area contributed by atoms with Crippen molar-refractivity contribution in [3.8, 4) is 28.4 Å². The van der Waals surface area contributed by atoms with Crippen LogP contribution in [-0.4, -0.2) is 74.2 Å². The second-order valence-corrected chi connectivity index (χ2v) is 13.4. The van der Waals surface area contributed by atoms with Gasteiger partial charge in [-0.05, 0) is 31.0 Å². The van der Waals surface area contributed by atoms with E-state index < -0.39 is 0 Å². The van der Waals surface area contributed by atoms with Gasteiger partial charge in [0.25, 0.3) is 5.91 Å². The van der Waals surface area contributed by atoms with Gasteiger partial charge in [0.05, 0.1) is 46.1 Å². The van der Waals surface area contributed by atoms with Gasteiger partial charge in [0.1, 0.15) is 6.26 Å². The maximum Gasteiger partial charge on any atom is 0.291 e. The third-order valence-electron chi connectivity index (χ3n) is 9.33. The first-order chi connectivity index (χ1) is 24.8. The summed E-state index contributed by atoms with van der Waals surface area (Å²) in [5.74, 6) is 0.490. The molecule has 5 aromatic rings. The molecular formula is C36H37Cl2N9O4. The summed E-state index contributed by atoms with van der Waals surface area (Å²) >= 11 is 13.9. The molecule has 3 N–H and O–H groups in total. The number of halogens is 2. The highest BCUT2D eigenvalue weighted by molar-refractivity contribution is 6.39. The van der Waals surface area contributed by atoms with E-state index in [-0.39, 0.29) is 17.9 Å². The Kier molecular flexibility index (Phi) is 10.3. The van der Waals surface area contributed by atoms with Crippen LogP contribution in [0.2, 0.25) is 10.0 Å². The van der Waals surface area contributed by atoms with E-state index >= 15 is 0 Å². The monoisotopic (exact) mass is 729 g/mol. The van der Waals surface area contributed by atoms with Gasteiger partial charge in [0.15, 0.2) is 5.82 Å². The average Bonchev–Trinajstić information content (AvgIpc) is 3.89. The number of hydrogen-bond donors (Lipinski definition) is 3. The Morgan fingerprint density at radius 1 is 1.12 bits per heavy atom. The topological polar surface area (TPSA) is 152 Å². The molecule has 2 aliphatic heterocycles. The van der Waals surface area contributed by atoms with Gasteiger partial charge in [-0.2, -0.15) is 0 Å². The standard InChI is InChI=1S/C36H37Cl2N9O4/c1-46-29-12-15-47(14-11-21-16-41-51-20-21)19-28(29)43-34(46)35(49)44-27-5-3-4-25(31(27)37)33-32(38)24(10-13-40-33)26-8-6-22(36(45-26)50-2)17-39-18-23-7-9-30(48)42-23/h3-6,8,10,13,16,20,23,39H,7,9,11-12,14-15,17-19H2,1-2H3,(H,42,48)(H,44,49)/t23-/m1/s1. The van der Waals surface area contributed by atoms with E-state index in [1.807, 2.05) is 23.7 Å². The second-order valence-electron chi connectivity index (χ2n) is 12.6. The minimum absolute atomic E-state index is 0.0865. The molecule has 0 aliphatic carbocycles. The molecule has 1 aromatic carbocycles. The number of nitrogens with zero attached hydrogens (tertiary/aromatic N) is 6. The third kappa shape index (κ3) is 7.47. The maximum atomic E-state index is 13.6. The molecule has 51 heavy (non-hydrogen) atoms. The zero-order valence-corrected chi connectivity index (χ0v) is 29.7. The van der Waals surface area contributed by atoms with Crippen LogP contribution in [0, 0.1) is 0 Å². The molecule has 15 heteroatoms. The second kappa shape index (κ2) is 15.2. The van der Waals surface area contributed by atoms with Crippen LogP contribution < -0.4 is 20.7 Å². The molecule has 0 spiro atoms. The third-order valence-corrected chi connectivity index (χ3v) is 10.1. The summed E-state index contributed by atoms with van der Waals surface area (Å²) in [6.07, 6.45) is 8.03. The van der Waals surface area contributed by atoms with Crippen LogP contribution in [0.25, 0.3) is 22.5 Å². The lowest BCUT2D eigenvalue weighted by atomic mass is 10.1. The summed E-state index contributed by atoms with van der Waals surface area (Å²) in [6, 6.07) is 11.0. The number of carbonyl (C=O) groups excluding carboxylic acids is 2. The maximum absolute atomic E-state index is 13.6. The fourth-order valence-electron chi connectivity index (χ4n) is 6.57. The molecule has 0 bridgehead atoms. The van der Waals surface area contributed by atoms with Crippen LogP contribution >= 0.6 is 23.2 Å². The van der Waals surface area contributed by atoms with Crippen molar-refractivity contribution < 1.29 is 18.8 Å². The van der Waals surface area contributed by atoms with Crippen molar-refractivity contribution in [1.29, 1.82) is 0 Å². The number of pyridine rings is 2. The van der Waals surface area contributed by atoms with Gasteiger partial charge in [0, 0.05) is 92.8 Å². The number of hydrogen-bond acceptors (Lipinski definition) is 10. The van der Waals surface area contributed by atoms with E-state index in [2.05, 4.69) is 31.0 Å². The zero-order valence-electron chi connectivity index (χ0n) is 28.2. The molecule has 1 saturated heterocycles. The summed E-state index contributed by atoms with van der Waals surface area (Å²) in [6.45, 7) is 3.54. The normalized spacial score (nSPS) is 15.8. The van der Waals surface area contributed by atoms with Crippen molar-refractivity contribution >= 4 is 40.7 Å². The van der Waals surface area contributed by atoms with Gasteiger partial charge in [0.2, 0.25) is 11.8 Å². The van der Waals surface area contributed by atoms with E-state index in [1.54, 1.807) is 50.0 Å². The van der Waals surface area contributed by atoms with Gasteiger partial charge >= 0.3 is 0 Å². The molecule has 6 heterocycles. The number of carbonyl (C=O) groups is 2. The van der Waals surface area contributed by atoms with Crippen molar-refractivity contribution in [3.63, 3.8) is 0 Å². The van der Waals surface area contributed by atoms with Gasteiger partial charge in [-0.15, -0.1) is 0 Å². The molecule has 0 saturated carbocycles. The van der Waals surface area contributed by atoms with Crippen molar-refractivity contribution in [3.05, 3.63) is 93.4 Å². The Bertz CT molecular complexity index is 2070. The number of methoxy groups -OCH3 is 1. The summed E-state index contributed by atoms with van der Waals surface area (Å²) < 4.78 is 12.4. The van der Waals surface area contributed by atoms with Crippen molar-refractivity contribution in [1.82, 2.24) is 40.2 Å². The number of amides is 2. The molecule has 1 atom stereocenters. The van der Waals surface area contributed by atoms with Crippen molar-refractivity contribution in [2.75, 3.05) is 32.1 Å². The van der Waals surface area contributed by atoms with Crippen LogP contribution in [-0.2, 0) is 37.8 Å². The minimum atomic E-state index is -0.367. The van der Waals surface area contributed by atoms with Crippen LogP contribution in [0.4, 0.5) is 5.69 Å². The first-order valence-electron chi connectivity index (χ1n) is 16.7. The molecule has 0 unspecified atom stereocenters. The van der Waals surface area contributed by atoms with Gasteiger partial charge in [-0.25, -0.2) is 9.97 Å². The first kappa shape index (κ1) is 34.6. The Hall–Kier alpha value is -4.82. The number of ether oxygens (including phenoxy) is 1. The SMILES string of the molecule is COc1nc(-c2ccnc(-c3cccc(NC(=O)c4nc5c(n4C)CCN(CCc4cnoc4)C5)c3Cl)c2Cl)ccc1CNC[C@H]1CCC(=O)N1. The number of fused-ring (bicyclic) bond motifs is 1. The Morgan fingerprint density at radius 2 is 2.00 bits per heavy atom. The highest BCUT2D eigenvalue weighted by Crippen LogP contribution is 2.40. The van der Waals surface area contributed by atoms with Gasteiger partial charge < -0.3 is 29.8 Å². The highest BCUT2D eigenvalue weighted by Gasteiger charge is 2.26. The minimum Gasteiger partial charge on any atom is -0.481 e.